The third-order valence-electron chi connectivity index (χ3n) is 7.42. The molecule has 2 saturated carbocycles. The van der Waals surface area contributed by atoms with E-state index in [1.807, 2.05) is 13.8 Å². The van der Waals surface area contributed by atoms with Gasteiger partial charge >= 0.3 is 11.9 Å². The predicted octanol–water partition coefficient (Wildman–Crippen LogP) is 5.57. The highest BCUT2D eigenvalue weighted by molar-refractivity contribution is 5.67. The molecule has 0 spiro atoms. The Kier molecular flexibility index (Phi) is 7.69. The number of carbonyl (C=O) groups is 2. The van der Waals surface area contributed by atoms with Crippen LogP contribution in [0.5, 0.6) is 0 Å². The van der Waals surface area contributed by atoms with E-state index in [4.69, 9.17) is 9.47 Å². The van der Waals surface area contributed by atoms with Crippen molar-refractivity contribution in [3.8, 4) is 0 Å². The van der Waals surface area contributed by atoms with Crippen molar-refractivity contribution in [1.29, 1.82) is 0 Å². The maximum Gasteiger partial charge on any atom is 0.302 e. The number of fused-ring (bicyclic) bond motifs is 1. The van der Waals surface area contributed by atoms with Crippen molar-refractivity contribution in [3.63, 3.8) is 0 Å². The molecule has 0 aromatic heterocycles. The molecule has 5 heteroatoms. The zero-order chi connectivity index (χ0) is 23.5. The van der Waals surface area contributed by atoms with Gasteiger partial charge in [-0.3, -0.25) is 9.59 Å². The average Bonchev–Trinajstić information content (AvgIpc) is 2.99. The number of esters is 2. The highest BCUT2D eigenvalue weighted by Crippen LogP contribution is 2.56. The van der Waals surface area contributed by atoms with E-state index in [1.54, 1.807) is 0 Å². The lowest BCUT2D eigenvalue weighted by Crippen LogP contribution is -2.32. The second-order valence-corrected chi connectivity index (χ2v) is 10.8. The summed E-state index contributed by atoms with van der Waals surface area (Å²) in [6.07, 6.45) is 14.6. The minimum Gasteiger partial charge on any atom is -0.462 e. The molecular weight excluding hydrogens is 404 g/mol. The van der Waals surface area contributed by atoms with E-state index < -0.39 is 5.60 Å². The zero-order valence-electron chi connectivity index (χ0n) is 20.4. The third-order valence-corrected chi connectivity index (χ3v) is 7.42. The molecule has 0 saturated heterocycles. The summed E-state index contributed by atoms with van der Waals surface area (Å²) in [5.41, 5.74) is 3.71. The number of hydrogen-bond donors (Lipinski definition) is 1. The fourth-order valence-electron chi connectivity index (χ4n) is 5.87. The summed E-state index contributed by atoms with van der Waals surface area (Å²) in [6.45, 7) is 9.02. The van der Waals surface area contributed by atoms with Crippen molar-refractivity contribution < 1.29 is 24.2 Å². The van der Waals surface area contributed by atoms with Crippen LogP contribution in [0.2, 0.25) is 0 Å². The lowest BCUT2D eigenvalue weighted by molar-refractivity contribution is -0.154. The predicted molar refractivity (Wildman–Crippen MR) is 125 cm³/mol. The van der Waals surface area contributed by atoms with Crippen molar-refractivity contribution >= 4 is 11.9 Å². The Morgan fingerprint density at radius 3 is 2.34 bits per heavy atom. The summed E-state index contributed by atoms with van der Waals surface area (Å²) < 4.78 is 10.9. The first-order valence-corrected chi connectivity index (χ1v) is 12.1. The van der Waals surface area contributed by atoms with Crippen LogP contribution < -0.4 is 0 Å². The van der Waals surface area contributed by atoms with Gasteiger partial charge < -0.3 is 14.6 Å². The first-order chi connectivity index (χ1) is 15.0. The average molecular weight is 445 g/mol. The van der Waals surface area contributed by atoms with Gasteiger partial charge in [0.05, 0.1) is 5.60 Å². The molecule has 0 aromatic rings. The maximum atomic E-state index is 11.5. The molecular formula is C27H40O5. The van der Waals surface area contributed by atoms with Gasteiger partial charge in [-0.25, -0.2) is 0 Å². The van der Waals surface area contributed by atoms with Crippen LogP contribution in [0.25, 0.3) is 0 Å². The minimum atomic E-state index is -0.634. The topological polar surface area (TPSA) is 72.8 Å². The summed E-state index contributed by atoms with van der Waals surface area (Å²) in [7, 11) is 0. The lowest BCUT2D eigenvalue weighted by atomic mass is 9.63. The Bertz CT molecular complexity index is 786. The number of rotatable bonds is 6. The van der Waals surface area contributed by atoms with Crippen LogP contribution in [0.3, 0.4) is 0 Å². The number of allylic oxidation sites excluding steroid dienone is 5. The number of carbonyl (C=O) groups excluding carboxylic acids is 2. The van der Waals surface area contributed by atoms with E-state index in [9.17, 15) is 14.7 Å². The number of hydrogen-bond acceptors (Lipinski definition) is 5. The molecule has 0 heterocycles. The van der Waals surface area contributed by atoms with E-state index in [2.05, 4.69) is 25.2 Å². The monoisotopic (exact) mass is 444 g/mol. The summed E-state index contributed by atoms with van der Waals surface area (Å²) in [5.74, 6) is -0.0771. The van der Waals surface area contributed by atoms with Crippen molar-refractivity contribution in [2.45, 2.75) is 110 Å². The largest absolute Gasteiger partial charge is 0.462 e. The molecule has 1 N–H and O–H groups in total. The molecule has 3 aliphatic carbocycles. The molecule has 3 rings (SSSR count). The Hall–Kier alpha value is -1.88. The molecule has 3 aliphatic rings. The molecule has 5 nitrogen and oxygen atoms in total. The highest BCUT2D eigenvalue weighted by Gasteiger charge is 2.44. The van der Waals surface area contributed by atoms with Gasteiger partial charge in [-0.05, 0) is 63.7 Å². The second kappa shape index (κ2) is 9.94. The Morgan fingerprint density at radius 1 is 1.16 bits per heavy atom. The fourth-order valence-corrected chi connectivity index (χ4v) is 5.87. The van der Waals surface area contributed by atoms with Gasteiger partial charge in [0.1, 0.15) is 12.2 Å². The van der Waals surface area contributed by atoms with E-state index >= 15 is 0 Å². The van der Waals surface area contributed by atoms with Crippen molar-refractivity contribution in [2.24, 2.45) is 11.3 Å². The van der Waals surface area contributed by atoms with Gasteiger partial charge in [-0.1, -0.05) is 41.9 Å². The Labute approximate surface area is 192 Å². The molecule has 0 aliphatic heterocycles. The number of aliphatic hydroxyl groups is 1. The summed E-state index contributed by atoms with van der Waals surface area (Å²) >= 11 is 0. The van der Waals surface area contributed by atoms with E-state index in [-0.39, 0.29) is 29.6 Å². The zero-order valence-corrected chi connectivity index (χ0v) is 20.4. The Morgan fingerprint density at radius 2 is 1.78 bits per heavy atom. The van der Waals surface area contributed by atoms with E-state index in [0.717, 1.165) is 25.7 Å². The van der Waals surface area contributed by atoms with Gasteiger partial charge in [0.2, 0.25) is 0 Å². The molecule has 2 fully saturated rings. The normalized spacial score (nSPS) is 33.1. The minimum absolute atomic E-state index is 0.182. The standard InChI is InChI=1S/C27H40O5/c1-18(28)31-23-15-20(16-24(17-23)32-19(2)29)8-9-21-7-6-13-27(5)22(10-11-25(21)27)12-14-26(3,4)30/h8-10,23-25,30H,6-7,11-17H2,1-5H3/b20-8-,21-9+/t23?,24-,25?,27-/m1/s1. The molecule has 0 bridgehead atoms. The van der Waals surface area contributed by atoms with Crippen LogP contribution in [-0.2, 0) is 19.1 Å². The summed E-state index contributed by atoms with van der Waals surface area (Å²) in [4.78, 5) is 23.0. The quantitative estimate of drug-likeness (QED) is 0.428. The molecule has 0 aromatic carbocycles. The summed E-state index contributed by atoms with van der Waals surface area (Å²) in [5, 5.41) is 10.2. The fraction of sp³-hybridized carbons (Fsp3) is 0.704. The smallest absolute Gasteiger partial charge is 0.302 e. The lowest BCUT2D eigenvalue weighted by Gasteiger charge is -2.41. The molecule has 0 radical (unpaired) electrons. The van der Waals surface area contributed by atoms with Crippen LogP contribution >= 0.6 is 0 Å². The van der Waals surface area contributed by atoms with Gasteiger partial charge in [0.15, 0.2) is 0 Å². The second-order valence-electron chi connectivity index (χ2n) is 10.8. The van der Waals surface area contributed by atoms with Gasteiger partial charge in [0.25, 0.3) is 0 Å². The molecule has 2 unspecified atom stereocenters. The van der Waals surface area contributed by atoms with Crippen LogP contribution in [0.15, 0.2) is 34.9 Å². The summed E-state index contributed by atoms with van der Waals surface area (Å²) in [6, 6.07) is 0. The van der Waals surface area contributed by atoms with Gasteiger partial charge in [-0.2, -0.15) is 0 Å². The van der Waals surface area contributed by atoms with Crippen molar-refractivity contribution in [3.05, 3.63) is 34.9 Å². The first-order valence-electron chi connectivity index (χ1n) is 12.1. The van der Waals surface area contributed by atoms with Crippen molar-refractivity contribution in [1.82, 2.24) is 0 Å². The molecule has 0 amide bonds. The van der Waals surface area contributed by atoms with Crippen LogP contribution in [0.1, 0.15) is 92.4 Å². The van der Waals surface area contributed by atoms with Crippen LogP contribution in [0.4, 0.5) is 0 Å². The SMILES string of the molecule is CC(=O)OC1C/C(=C/C=C2\CCC[C@]3(C)C(CCC(C)(C)O)=CCC23)C[C@@H](OC(C)=O)C1. The van der Waals surface area contributed by atoms with E-state index in [0.29, 0.717) is 25.2 Å². The van der Waals surface area contributed by atoms with Gasteiger partial charge in [-0.15, -0.1) is 0 Å². The van der Waals surface area contributed by atoms with Crippen LogP contribution in [-0.4, -0.2) is 34.9 Å². The van der Waals surface area contributed by atoms with E-state index in [1.165, 1.54) is 43.4 Å². The number of ether oxygens (including phenoxy) is 2. The Balaban J connectivity index is 1.74. The highest BCUT2D eigenvalue weighted by atomic mass is 16.6. The first kappa shape index (κ1) is 24.8. The van der Waals surface area contributed by atoms with Crippen molar-refractivity contribution in [2.75, 3.05) is 0 Å². The molecule has 32 heavy (non-hydrogen) atoms. The van der Waals surface area contributed by atoms with Crippen LogP contribution in [0, 0.1) is 11.3 Å². The van der Waals surface area contributed by atoms with Gasteiger partial charge in [0, 0.05) is 33.1 Å². The maximum absolute atomic E-state index is 11.5. The molecule has 178 valence electrons. The third kappa shape index (κ3) is 6.34. The molecule has 4 atom stereocenters.